The summed E-state index contributed by atoms with van der Waals surface area (Å²) in [5.41, 5.74) is 0.837. The van der Waals surface area contributed by atoms with Gasteiger partial charge in [0.05, 0.1) is 31.5 Å². The molecule has 5 N–H and O–H groups in total. The third kappa shape index (κ3) is 33.5. The molecule has 0 fully saturated rings. The van der Waals surface area contributed by atoms with E-state index in [0.29, 0.717) is 18.6 Å². The van der Waals surface area contributed by atoms with Crippen LogP contribution in [-0.2, 0) is 25.5 Å². The molecule has 2 rings (SSSR count). The molecule has 0 amide bonds. The van der Waals surface area contributed by atoms with Crippen LogP contribution in [0.1, 0.15) is 204 Å². The molecule has 0 saturated heterocycles. The second-order valence-electron chi connectivity index (χ2n) is 17.5. The Kier molecular flexibility index (Phi) is 35.5. The standard InChI is InChI=1S/C19H36O4.C19H34O4.C13H16O4/c2*1-3-4-5-6-7-8-9-10-11-12-13-14-18(21)15-19(22)16-23-17(2)20;1-13(2)7-6-8-10(17-13)5-4-9(12(14)15)11(8)16-3/h3,18-19,21-22H,1,4-16H2,2H3;1,18-19,21-22H,4-16H2,2H3;4-5H,6-7H2,1-3H3,(H,14,15). The van der Waals surface area contributed by atoms with Gasteiger partial charge in [0, 0.05) is 38.7 Å². The molecule has 0 saturated carbocycles. The smallest absolute Gasteiger partial charge is 0.339 e. The number of benzene rings is 1. The van der Waals surface area contributed by atoms with Crippen molar-refractivity contribution >= 4 is 17.9 Å². The maximum Gasteiger partial charge on any atom is 0.339 e. The Labute approximate surface area is 380 Å². The minimum atomic E-state index is -0.977. The molecule has 4 atom stereocenters. The van der Waals surface area contributed by atoms with E-state index in [1.807, 2.05) is 19.9 Å². The zero-order valence-electron chi connectivity index (χ0n) is 39.7. The molecule has 0 bridgehead atoms. The van der Waals surface area contributed by atoms with E-state index in [2.05, 4.69) is 12.5 Å². The van der Waals surface area contributed by atoms with Crippen molar-refractivity contribution in [1.29, 1.82) is 0 Å². The summed E-state index contributed by atoms with van der Waals surface area (Å²) in [6.07, 6.45) is 32.2. The second-order valence-corrected chi connectivity index (χ2v) is 17.5. The Bertz CT molecular complexity index is 1400. The normalized spacial score (nSPS) is 14.3. The Balaban J connectivity index is 0.000000925. The van der Waals surface area contributed by atoms with Crippen molar-refractivity contribution in [3.8, 4) is 23.8 Å². The molecule has 1 aliphatic rings. The van der Waals surface area contributed by atoms with Crippen molar-refractivity contribution < 1.29 is 58.9 Å². The Morgan fingerprint density at radius 3 is 1.56 bits per heavy atom. The summed E-state index contributed by atoms with van der Waals surface area (Å²) in [6, 6.07) is 3.24. The maximum absolute atomic E-state index is 11.1. The summed E-state index contributed by atoms with van der Waals surface area (Å²) in [5.74, 6) is 2.03. The van der Waals surface area contributed by atoms with E-state index in [-0.39, 0.29) is 37.2 Å². The highest BCUT2D eigenvalue weighted by atomic mass is 16.5. The highest BCUT2D eigenvalue weighted by molar-refractivity contribution is 5.92. The van der Waals surface area contributed by atoms with Crippen molar-refractivity contribution in [2.24, 2.45) is 0 Å². The number of carbonyl (C=O) groups is 3. The summed E-state index contributed by atoms with van der Waals surface area (Å²) >= 11 is 0. The highest BCUT2D eigenvalue weighted by Crippen LogP contribution is 2.40. The summed E-state index contributed by atoms with van der Waals surface area (Å²) < 4.78 is 20.5. The number of ether oxygens (including phenoxy) is 4. The number of hydrogen-bond acceptors (Lipinski definition) is 11. The van der Waals surface area contributed by atoms with Crippen LogP contribution >= 0.6 is 0 Å². The largest absolute Gasteiger partial charge is 0.495 e. The lowest BCUT2D eigenvalue weighted by Gasteiger charge is -2.33. The van der Waals surface area contributed by atoms with E-state index >= 15 is 0 Å². The Morgan fingerprint density at radius 1 is 0.730 bits per heavy atom. The SMILES string of the molecule is C#CCCCCCCCCCCCC(O)CC(O)COC(C)=O.C=CCCCCCCCCCCCC(O)CC(O)COC(C)=O.COc1c(C(=O)O)ccc2c1CCC(C)(C)O2. The predicted molar refractivity (Wildman–Crippen MR) is 250 cm³/mol. The number of aliphatic hydroxyl groups excluding tert-OH is 4. The number of allylic oxidation sites excluding steroid dienone is 1. The zero-order valence-corrected chi connectivity index (χ0v) is 39.7. The number of fused-ring (bicyclic) bond motifs is 1. The van der Waals surface area contributed by atoms with Crippen LogP contribution < -0.4 is 9.47 Å². The lowest BCUT2D eigenvalue weighted by Crippen LogP contribution is -2.32. The van der Waals surface area contributed by atoms with Crippen molar-refractivity contribution in [2.45, 2.75) is 225 Å². The molecule has 0 aromatic heterocycles. The van der Waals surface area contributed by atoms with Crippen LogP contribution in [0.25, 0.3) is 0 Å². The van der Waals surface area contributed by atoms with E-state index in [4.69, 9.17) is 30.5 Å². The number of rotatable bonds is 33. The molecule has 0 radical (unpaired) electrons. The maximum atomic E-state index is 11.1. The molecule has 63 heavy (non-hydrogen) atoms. The second kappa shape index (κ2) is 37.7. The zero-order chi connectivity index (χ0) is 47.3. The van der Waals surface area contributed by atoms with Crippen LogP contribution in [-0.4, -0.2) is 93.8 Å². The number of carboxylic acid groups (broad SMARTS) is 1. The van der Waals surface area contributed by atoms with Gasteiger partial charge in [-0.15, -0.1) is 18.9 Å². The first-order valence-corrected chi connectivity index (χ1v) is 23.7. The van der Waals surface area contributed by atoms with Crippen molar-refractivity contribution in [3.63, 3.8) is 0 Å². The molecule has 1 heterocycles. The van der Waals surface area contributed by atoms with Crippen LogP contribution in [0, 0.1) is 12.3 Å². The van der Waals surface area contributed by atoms with Crippen molar-refractivity contribution in [1.82, 2.24) is 0 Å². The molecule has 1 aromatic carbocycles. The molecule has 1 aliphatic heterocycles. The van der Waals surface area contributed by atoms with Gasteiger partial charge in [-0.05, 0) is 70.9 Å². The van der Waals surface area contributed by atoms with Gasteiger partial charge in [-0.1, -0.05) is 109 Å². The Hall–Kier alpha value is -3.63. The minimum Gasteiger partial charge on any atom is -0.495 e. The molecule has 362 valence electrons. The molecular weight excluding hydrogens is 805 g/mol. The van der Waals surface area contributed by atoms with Crippen LogP contribution in [0.4, 0.5) is 0 Å². The summed E-state index contributed by atoms with van der Waals surface area (Å²) in [4.78, 5) is 32.3. The van der Waals surface area contributed by atoms with E-state index in [1.54, 1.807) is 6.07 Å². The fraction of sp³-hybridized carbons (Fsp3) is 0.745. The predicted octanol–water partition coefficient (Wildman–Crippen LogP) is 10.2. The fourth-order valence-corrected chi connectivity index (χ4v) is 7.30. The highest BCUT2D eigenvalue weighted by Gasteiger charge is 2.30. The molecule has 12 nitrogen and oxygen atoms in total. The first-order chi connectivity index (χ1) is 30.1. The lowest BCUT2D eigenvalue weighted by atomic mass is 9.92. The monoisotopic (exact) mass is 891 g/mol. The molecule has 1 aromatic rings. The fourth-order valence-electron chi connectivity index (χ4n) is 7.30. The van der Waals surface area contributed by atoms with Gasteiger partial charge in [0.15, 0.2) is 0 Å². The third-order valence-electron chi connectivity index (χ3n) is 10.9. The molecule has 12 heteroatoms. The summed E-state index contributed by atoms with van der Waals surface area (Å²) in [6.45, 7) is 10.3. The van der Waals surface area contributed by atoms with Gasteiger partial charge in [-0.3, -0.25) is 9.59 Å². The molecule has 0 aliphatic carbocycles. The third-order valence-corrected chi connectivity index (χ3v) is 10.9. The number of esters is 2. The van der Waals surface area contributed by atoms with Gasteiger partial charge in [0.2, 0.25) is 0 Å². The van der Waals surface area contributed by atoms with Gasteiger partial charge in [-0.2, -0.15) is 0 Å². The average Bonchev–Trinajstić information content (AvgIpc) is 3.22. The average molecular weight is 891 g/mol. The first kappa shape index (κ1) is 59.4. The number of aliphatic hydroxyl groups is 4. The van der Waals surface area contributed by atoms with Gasteiger partial charge in [0.1, 0.15) is 35.9 Å². The number of aromatic carboxylic acids is 1. The topological polar surface area (TPSA) is 189 Å². The number of unbranched alkanes of at least 4 members (excludes halogenated alkanes) is 18. The number of methoxy groups -OCH3 is 1. The van der Waals surface area contributed by atoms with Crippen LogP contribution in [0.2, 0.25) is 0 Å². The molecule has 4 unspecified atom stereocenters. The molecule has 0 spiro atoms. The van der Waals surface area contributed by atoms with Crippen LogP contribution in [0.5, 0.6) is 11.5 Å². The quantitative estimate of drug-likeness (QED) is 0.0195. The van der Waals surface area contributed by atoms with E-state index < -0.39 is 42.3 Å². The van der Waals surface area contributed by atoms with Gasteiger partial charge in [0.25, 0.3) is 0 Å². The summed E-state index contributed by atoms with van der Waals surface area (Å²) in [5, 5.41) is 47.9. The van der Waals surface area contributed by atoms with Crippen LogP contribution in [0.15, 0.2) is 24.8 Å². The number of carbonyl (C=O) groups excluding carboxylic acids is 2. The number of hydrogen-bond donors (Lipinski definition) is 5. The van der Waals surface area contributed by atoms with E-state index in [1.165, 1.54) is 110 Å². The van der Waals surface area contributed by atoms with Gasteiger partial charge in [-0.25, -0.2) is 4.79 Å². The van der Waals surface area contributed by atoms with E-state index in [0.717, 1.165) is 69.1 Å². The minimum absolute atomic E-state index is 0.0286. The first-order valence-electron chi connectivity index (χ1n) is 23.7. The lowest BCUT2D eigenvalue weighted by molar-refractivity contribution is -0.145. The number of terminal acetylenes is 1. The molecular formula is C51H86O12. The van der Waals surface area contributed by atoms with Crippen molar-refractivity contribution in [2.75, 3.05) is 20.3 Å². The summed E-state index contributed by atoms with van der Waals surface area (Å²) in [7, 11) is 1.49. The van der Waals surface area contributed by atoms with Crippen LogP contribution in [0.3, 0.4) is 0 Å². The Morgan fingerprint density at radius 2 is 1.16 bits per heavy atom. The number of carboxylic acids is 1. The van der Waals surface area contributed by atoms with Gasteiger partial charge >= 0.3 is 17.9 Å². The van der Waals surface area contributed by atoms with Crippen molar-refractivity contribution in [3.05, 3.63) is 35.9 Å². The van der Waals surface area contributed by atoms with E-state index in [9.17, 15) is 34.8 Å². The van der Waals surface area contributed by atoms with Gasteiger partial charge < -0.3 is 44.5 Å².